The van der Waals surface area contributed by atoms with Crippen molar-refractivity contribution in [3.63, 3.8) is 0 Å². The maximum Gasteiger partial charge on any atom is 0.573 e. The van der Waals surface area contributed by atoms with Gasteiger partial charge in [0.15, 0.2) is 5.06 Å². The number of alkyl halides is 3. The van der Waals surface area contributed by atoms with Gasteiger partial charge in [-0.3, -0.25) is 9.80 Å². The molecule has 1 amide bonds. The van der Waals surface area contributed by atoms with Crippen molar-refractivity contribution in [2.45, 2.75) is 12.9 Å². The van der Waals surface area contributed by atoms with E-state index in [0.717, 1.165) is 18.7 Å². The Labute approximate surface area is 238 Å². The van der Waals surface area contributed by atoms with Crippen molar-refractivity contribution in [3.8, 4) is 10.8 Å². The second-order valence-electron chi connectivity index (χ2n) is 10.5. The summed E-state index contributed by atoms with van der Waals surface area (Å²) in [6, 6.07) is 14.4. The third kappa shape index (κ3) is 6.60. The number of benzene rings is 2. The highest BCUT2D eigenvalue weighted by Gasteiger charge is 2.56. The number of likely N-dealkylation sites (tertiary alicyclic amines) is 1. The van der Waals surface area contributed by atoms with E-state index in [0.29, 0.717) is 67.7 Å². The highest BCUT2D eigenvalue weighted by atomic mass is 32.1. The molecule has 3 heterocycles. The average molecular weight is 592 g/mol. The van der Waals surface area contributed by atoms with E-state index < -0.39 is 18.3 Å². The molecule has 12 heteroatoms. The molecule has 1 aliphatic carbocycles. The largest absolute Gasteiger partial charge is 0.573 e. The Morgan fingerprint density at radius 1 is 1.05 bits per heavy atom. The zero-order valence-corrected chi connectivity index (χ0v) is 22.9. The lowest BCUT2D eigenvalue weighted by Crippen LogP contribution is -2.38. The fourth-order valence-corrected chi connectivity index (χ4v) is 6.49. The average Bonchev–Trinajstić information content (AvgIpc) is 3.27. The Balaban J connectivity index is 1.12. The molecule has 3 aliphatic rings. The van der Waals surface area contributed by atoms with Gasteiger partial charge in [0.25, 0.3) is 0 Å². The minimum Gasteiger partial charge on any atom is -0.406 e. The van der Waals surface area contributed by atoms with Crippen molar-refractivity contribution in [1.82, 2.24) is 4.90 Å². The van der Waals surface area contributed by atoms with Gasteiger partial charge in [-0.2, -0.15) is 0 Å². The number of hydrogen-bond acceptors (Lipinski definition) is 7. The predicted molar refractivity (Wildman–Crippen MR) is 146 cm³/mol. The third-order valence-electron chi connectivity index (χ3n) is 7.88. The van der Waals surface area contributed by atoms with Gasteiger partial charge in [-0.1, -0.05) is 12.1 Å². The zero-order chi connectivity index (χ0) is 28.6. The number of piperidine rings is 1. The van der Waals surface area contributed by atoms with Crippen LogP contribution in [0, 0.1) is 23.6 Å². The number of amides is 1. The van der Waals surface area contributed by atoms with Gasteiger partial charge < -0.3 is 19.1 Å². The molecule has 6 rings (SSSR count). The summed E-state index contributed by atoms with van der Waals surface area (Å²) in [6.07, 6.45) is -5.29. The summed E-state index contributed by atoms with van der Waals surface area (Å²) in [5.41, 5.74) is 1.65. The summed E-state index contributed by atoms with van der Waals surface area (Å²) in [5.74, 6) is 0.239. The van der Waals surface area contributed by atoms with E-state index in [1.54, 1.807) is 36.4 Å². The van der Waals surface area contributed by atoms with E-state index in [1.165, 1.54) is 34.4 Å². The Morgan fingerprint density at radius 2 is 1.83 bits per heavy atom. The molecule has 0 bridgehead atoms. The number of fused-ring (bicyclic) bond motifs is 1. The first-order chi connectivity index (χ1) is 19.7. The minimum atomic E-state index is -4.73. The quantitative estimate of drug-likeness (QED) is 0.300. The van der Waals surface area contributed by atoms with E-state index in [9.17, 15) is 18.0 Å². The molecular weight excluding hydrogens is 562 g/mol. The Hall–Kier alpha value is -3.35. The SMILES string of the molecule is O=C(Oc1cccs1)N(CC1C2CN(Cc3cccc(OC(F)(F)F)c3)CC21)c1ccc(N2CCOCC2)c(F)c1. The maximum atomic E-state index is 15.3. The number of anilines is 2. The molecular formula is C29H29F4N3O4S. The van der Waals surface area contributed by atoms with Crippen LogP contribution in [0.25, 0.3) is 0 Å². The van der Waals surface area contributed by atoms with Crippen LogP contribution < -0.4 is 19.3 Å². The standard InChI is InChI=1S/C29H29F4N3O4S/c30-25-14-20(6-7-26(25)35-8-10-38-11-9-35)36(28(37)39-27-5-2-12-41-27)18-24-22-16-34(17-23(22)24)15-19-3-1-4-21(13-19)40-29(31,32)33/h1-7,12-14,22-24H,8-11,15-18H2. The number of ether oxygens (including phenoxy) is 3. The smallest absolute Gasteiger partial charge is 0.406 e. The molecule has 7 nitrogen and oxygen atoms in total. The number of nitrogens with zero attached hydrogens (tertiary/aromatic N) is 3. The molecule has 2 aromatic carbocycles. The summed E-state index contributed by atoms with van der Waals surface area (Å²) in [6.45, 7) is 4.69. The molecule has 3 aromatic rings. The monoisotopic (exact) mass is 591 g/mol. The molecule has 3 fully saturated rings. The van der Waals surface area contributed by atoms with Gasteiger partial charge in [0, 0.05) is 39.3 Å². The molecule has 2 saturated heterocycles. The van der Waals surface area contributed by atoms with Crippen LogP contribution in [-0.4, -0.2) is 63.3 Å². The van der Waals surface area contributed by atoms with Crippen LogP contribution in [0.15, 0.2) is 60.0 Å². The second-order valence-corrected chi connectivity index (χ2v) is 11.4. The van der Waals surface area contributed by atoms with Gasteiger partial charge >= 0.3 is 12.5 Å². The second kappa shape index (κ2) is 11.5. The van der Waals surface area contributed by atoms with Crippen molar-refractivity contribution >= 4 is 28.8 Å². The van der Waals surface area contributed by atoms with Crippen LogP contribution in [0.3, 0.4) is 0 Å². The van der Waals surface area contributed by atoms with Gasteiger partial charge in [0.2, 0.25) is 0 Å². The minimum absolute atomic E-state index is 0.212. The number of thiophene rings is 1. The number of halogens is 4. The molecule has 2 atom stereocenters. The summed E-state index contributed by atoms with van der Waals surface area (Å²) in [4.78, 5) is 18.9. The number of rotatable bonds is 8. The number of hydrogen-bond donors (Lipinski definition) is 0. The van der Waals surface area contributed by atoms with Crippen LogP contribution in [-0.2, 0) is 11.3 Å². The van der Waals surface area contributed by atoms with Gasteiger partial charge in [-0.05, 0) is 71.2 Å². The molecule has 218 valence electrons. The first-order valence-corrected chi connectivity index (χ1v) is 14.3. The summed E-state index contributed by atoms with van der Waals surface area (Å²) in [7, 11) is 0. The van der Waals surface area contributed by atoms with E-state index in [4.69, 9.17) is 9.47 Å². The Bertz CT molecular complexity index is 1350. The molecule has 2 aliphatic heterocycles. The Morgan fingerprint density at radius 3 is 2.51 bits per heavy atom. The predicted octanol–water partition coefficient (Wildman–Crippen LogP) is 6.01. The molecule has 41 heavy (non-hydrogen) atoms. The molecule has 2 unspecified atom stereocenters. The van der Waals surface area contributed by atoms with Crippen molar-refractivity contribution in [3.05, 3.63) is 71.4 Å². The first-order valence-electron chi connectivity index (χ1n) is 13.5. The van der Waals surface area contributed by atoms with Crippen LogP contribution in [0.4, 0.5) is 33.7 Å². The van der Waals surface area contributed by atoms with Gasteiger partial charge in [-0.15, -0.1) is 24.5 Å². The normalized spacial score (nSPS) is 22.3. The van der Waals surface area contributed by atoms with E-state index in [2.05, 4.69) is 9.64 Å². The number of carbonyl (C=O) groups excluding carboxylic acids is 1. The van der Waals surface area contributed by atoms with E-state index in [-0.39, 0.29) is 11.7 Å². The van der Waals surface area contributed by atoms with Gasteiger partial charge in [0.05, 0.1) is 24.6 Å². The molecule has 0 N–H and O–H groups in total. The van der Waals surface area contributed by atoms with Crippen molar-refractivity contribution in [1.29, 1.82) is 0 Å². The van der Waals surface area contributed by atoms with Gasteiger partial charge in [0.1, 0.15) is 11.6 Å². The zero-order valence-electron chi connectivity index (χ0n) is 22.1. The maximum absolute atomic E-state index is 15.3. The molecule has 1 aromatic heterocycles. The highest BCUT2D eigenvalue weighted by molar-refractivity contribution is 7.11. The summed E-state index contributed by atoms with van der Waals surface area (Å²) < 4.78 is 68.1. The number of carbonyl (C=O) groups is 1. The van der Waals surface area contributed by atoms with Crippen LogP contribution in [0.1, 0.15) is 5.56 Å². The fourth-order valence-electron chi connectivity index (χ4n) is 5.92. The lowest BCUT2D eigenvalue weighted by molar-refractivity contribution is -0.274. The van der Waals surface area contributed by atoms with Crippen LogP contribution in [0.2, 0.25) is 0 Å². The lowest BCUT2D eigenvalue weighted by atomic mass is 10.1. The van der Waals surface area contributed by atoms with Crippen molar-refractivity contribution in [2.75, 3.05) is 55.7 Å². The lowest BCUT2D eigenvalue weighted by Gasteiger charge is -2.30. The van der Waals surface area contributed by atoms with E-state index in [1.807, 2.05) is 10.3 Å². The highest BCUT2D eigenvalue weighted by Crippen LogP contribution is 2.52. The third-order valence-corrected chi connectivity index (χ3v) is 8.62. The topological polar surface area (TPSA) is 54.5 Å². The van der Waals surface area contributed by atoms with Crippen LogP contribution in [0.5, 0.6) is 10.8 Å². The summed E-state index contributed by atoms with van der Waals surface area (Å²) >= 11 is 1.30. The van der Waals surface area contributed by atoms with E-state index >= 15 is 4.39 Å². The molecule has 0 radical (unpaired) electrons. The number of morpholine rings is 1. The molecule has 0 spiro atoms. The van der Waals surface area contributed by atoms with Gasteiger partial charge in [-0.25, -0.2) is 9.18 Å². The van der Waals surface area contributed by atoms with Crippen molar-refractivity contribution < 1.29 is 36.6 Å². The fraction of sp³-hybridized carbons (Fsp3) is 0.414. The van der Waals surface area contributed by atoms with Crippen molar-refractivity contribution in [2.24, 2.45) is 17.8 Å². The summed E-state index contributed by atoms with van der Waals surface area (Å²) in [5, 5.41) is 2.28. The molecule has 1 saturated carbocycles. The van der Waals surface area contributed by atoms with Crippen LogP contribution >= 0.6 is 11.3 Å². The Kier molecular flexibility index (Phi) is 7.80. The first kappa shape index (κ1) is 27.8.